The second-order valence-electron chi connectivity index (χ2n) is 4.32. The number of nitrogens with zero attached hydrogens (tertiary/aromatic N) is 3. The Morgan fingerprint density at radius 2 is 1.32 bits per heavy atom. The van der Waals surface area contributed by atoms with Gasteiger partial charge in [-0.1, -0.05) is 36.4 Å². The summed E-state index contributed by atoms with van der Waals surface area (Å²) < 4.78 is 0. The summed E-state index contributed by atoms with van der Waals surface area (Å²) in [4.78, 5) is 12.9. The third kappa shape index (κ3) is 2.50. The summed E-state index contributed by atoms with van der Waals surface area (Å²) in [5.41, 5.74) is 4.10. The van der Waals surface area contributed by atoms with E-state index in [1.165, 1.54) is 0 Å². The molecule has 0 amide bonds. The Balaban J connectivity index is 1.93. The molecule has 0 aliphatic rings. The molecule has 2 aromatic heterocycles. The van der Waals surface area contributed by atoms with Crippen molar-refractivity contribution in [3.8, 4) is 22.4 Å². The van der Waals surface area contributed by atoms with Crippen LogP contribution in [0.3, 0.4) is 0 Å². The smallest absolute Gasteiger partial charge is 0.125 e. The van der Waals surface area contributed by atoms with E-state index in [9.17, 15) is 0 Å². The minimum absolute atomic E-state index is 0.776. The van der Waals surface area contributed by atoms with Crippen LogP contribution in [0, 0.1) is 6.92 Å². The van der Waals surface area contributed by atoms with Crippen LogP contribution in [0.5, 0.6) is 0 Å². The van der Waals surface area contributed by atoms with Crippen LogP contribution in [0.4, 0.5) is 0 Å². The van der Waals surface area contributed by atoms with Crippen molar-refractivity contribution in [2.75, 3.05) is 0 Å². The Kier molecular flexibility index (Phi) is 3.02. The molecule has 3 aromatic rings. The summed E-state index contributed by atoms with van der Waals surface area (Å²) in [6.45, 7) is 1.88. The first kappa shape index (κ1) is 11.5. The van der Waals surface area contributed by atoms with Gasteiger partial charge in [-0.2, -0.15) is 0 Å². The van der Waals surface area contributed by atoms with E-state index in [1.807, 2.05) is 55.8 Å². The van der Waals surface area contributed by atoms with Gasteiger partial charge in [0.05, 0.1) is 5.69 Å². The molecule has 3 nitrogen and oxygen atoms in total. The van der Waals surface area contributed by atoms with E-state index in [2.05, 4.69) is 27.1 Å². The van der Waals surface area contributed by atoms with E-state index < -0.39 is 0 Å². The highest BCUT2D eigenvalue weighted by Gasteiger charge is 2.01. The van der Waals surface area contributed by atoms with Gasteiger partial charge in [0, 0.05) is 35.3 Å². The molecule has 0 unspecified atom stereocenters. The molecule has 0 atom stereocenters. The normalized spacial score (nSPS) is 10.4. The number of hydrogen-bond donors (Lipinski definition) is 0. The minimum atomic E-state index is 0.776. The van der Waals surface area contributed by atoms with Gasteiger partial charge >= 0.3 is 0 Å². The zero-order valence-electron chi connectivity index (χ0n) is 10.6. The fourth-order valence-electron chi connectivity index (χ4n) is 1.89. The lowest BCUT2D eigenvalue weighted by Crippen LogP contribution is -1.89. The van der Waals surface area contributed by atoms with E-state index in [1.54, 1.807) is 0 Å². The molecular weight excluding hydrogens is 234 g/mol. The maximum absolute atomic E-state index is 4.49. The molecule has 0 saturated carbocycles. The van der Waals surface area contributed by atoms with E-state index in [0.717, 1.165) is 28.2 Å². The molecule has 3 heteroatoms. The van der Waals surface area contributed by atoms with E-state index in [4.69, 9.17) is 0 Å². The molecule has 0 fully saturated rings. The predicted molar refractivity (Wildman–Crippen MR) is 75.4 cm³/mol. The second kappa shape index (κ2) is 4.98. The fraction of sp³-hybridized carbons (Fsp3) is 0.0625. The van der Waals surface area contributed by atoms with Crippen LogP contribution >= 0.6 is 0 Å². The lowest BCUT2D eigenvalue weighted by atomic mass is 10.1. The zero-order valence-corrected chi connectivity index (χ0v) is 10.6. The maximum atomic E-state index is 4.49. The van der Waals surface area contributed by atoms with Crippen LogP contribution in [0.25, 0.3) is 22.4 Å². The molecular formula is C16H13N3. The quantitative estimate of drug-likeness (QED) is 0.695. The molecule has 3 rings (SSSR count). The van der Waals surface area contributed by atoms with Crippen LogP contribution in [0.15, 0.2) is 61.1 Å². The van der Waals surface area contributed by atoms with Crippen molar-refractivity contribution in [1.29, 1.82) is 0 Å². The van der Waals surface area contributed by atoms with Gasteiger partial charge in [0.15, 0.2) is 0 Å². The van der Waals surface area contributed by atoms with E-state index in [0.29, 0.717) is 0 Å². The molecule has 0 radical (unpaired) electrons. The van der Waals surface area contributed by atoms with Crippen LogP contribution in [-0.4, -0.2) is 15.0 Å². The van der Waals surface area contributed by atoms with Gasteiger partial charge < -0.3 is 0 Å². The van der Waals surface area contributed by atoms with Crippen molar-refractivity contribution < 1.29 is 0 Å². The molecule has 92 valence electrons. The number of aryl methyl sites for hydroxylation is 1. The van der Waals surface area contributed by atoms with Crippen molar-refractivity contribution in [1.82, 2.24) is 15.0 Å². The molecule has 1 aromatic carbocycles. The van der Waals surface area contributed by atoms with Gasteiger partial charge in [-0.3, -0.25) is 4.98 Å². The van der Waals surface area contributed by atoms with Gasteiger partial charge in [0.1, 0.15) is 5.82 Å². The predicted octanol–water partition coefficient (Wildman–Crippen LogP) is 3.51. The Morgan fingerprint density at radius 3 is 1.95 bits per heavy atom. The van der Waals surface area contributed by atoms with Gasteiger partial charge in [0.25, 0.3) is 0 Å². The molecule has 0 aliphatic heterocycles. The molecule has 19 heavy (non-hydrogen) atoms. The van der Waals surface area contributed by atoms with Gasteiger partial charge in [-0.15, -0.1) is 0 Å². The topological polar surface area (TPSA) is 38.7 Å². The molecule has 2 heterocycles. The molecule has 0 bridgehead atoms. The van der Waals surface area contributed by atoms with Crippen LogP contribution < -0.4 is 0 Å². The van der Waals surface area contributed by atoms with Gasteiger partial charge in [-0.25, -0.2) is 9.97 Å². The first-order valence-electron chi connectivity index (χ1n) is 6.13. The first-order valence-corrected chi connectivity index (χ1v) is 6.13. The van der Waals surface area contributed by atoms with E-state index >= 15 is 0 Å². The number of benzene rings is 1. The average molecular weight is 247 g/mol. The zero-order chi connectivity index (χ0) is 13.1. The Labute approximate surface area is 112 Å². The van der Waals surface area contributed by atoms with Crippen molar-refractivity contribution in [2.45, 2.75) is 6.92 Å². The van der Waals surface area contributed by atoms with Crippen LogP contribution in [0.1, 0.15) is 5.82 Å². The highest BCUT2D eigenvalue weighted by molar-refractivity contribution is 5.65. The summed E-state index contributed by atoms with van der Waals surface area (Å²) in [6, 6.07) is 14.2. The summed E-state index contributed by atoms with van der Waals surface area (Å²) >= 11 is 0. The fourth-order valence-corrected chi connectivity index (χ4v) is 1.89. The van der Waals surface area contributed by atoms with Crippen molar-refractivity contribution in [3.63, 3.8) is 0 Å². The number of aromatic nitrogens is 3. The largest absolute Gasteiger partial charge is 0.256 e. The summed E-state index contributed by atoms with van der Waals surface area (Å²) in [5.74, 6) is 0.776. The third-order valence-electron chi connectivity index (χ3n) is 2.95. The monoisotopic (exact) mass is 247 g/mol. The van der Waals surface area contributed by atoms with Crippen molar-refractivity contribution in [2.24, 2.45) is 0 Å². The average Bonchev–Trinajstić information content (AvgIpc) is 2.49. The summed E-state index contributed by atoms with van der Waals surface area (Å²) in [5, 5.41) is 0. The van der Waals surface area contributed by atoms with Gasteiger partial charge in [-0.05, 0) is 13.0 Å². The lowest BCUT2D eigenvalue weighted by molar-refractivity contribution is 1.05. The minimum Gasteiger partial charge on any atom is -0.256 e. The van der Waals surface area contributed by atoms with E-state index in [-0.39, 0.29) is 0 Å². The van der Waals surface area contributed by atoms with Crippen LogP contribution in [0.2, 0.25) is 0 Å². The number of rotatable bonds is 2. The Hall–Kier alpha value is -2.55. The van der Waals surface area contributed by atoms with Crippen LogP contribution in [-0.2, 0) is 0 Å². The van der Waals surface area contributed by atoms with Crippen molar-refractivity contribution in [3.05, 3.63) is 66.9 Å². The lowest BCUT2D eigenvalue weighted by Gasteiger charge is -2.03. The molecule has 0 spiro atoms. The standard InChI is InChI=1S/C16H13N3/c1-12-17-10-15(11-18-12)14-7-8-16(19-9-14)13-5-3-2-4-6-13/h2-11H,1H3. The highest BCUT2D eigenvalue weighted by atomic mass is 14.8. The third-order valence-corrected chi connectivity index (χ3v) is 2.95. The second-order valence-corrected chi connectivity index (χ2v) is 4.32. The Bertz CT molecular complexity index is 659. The maximum Gasteiger partial charge on any atom is 0.125 e. The number of pyridine rings is 1. The SMILES string of the molecule is Cc1ncc(-c2ccc(-c3ccccc3)nc2)cn1. The van der Waals surface area contributed by atoms with Crippen molar-refractivity contribution >= 4 is 0 Å². The Morgan fingerprint density at radius 1 is 0.632 bits per heavy atom. The molecule has 0 N–H and O–H groups in total. The summed E-state index contributed by atoms with van der Waals surface area (Å²) in [6.07, 6.45) is 5.50. The number of hydrogen-bond acceptors (Lipinski definition) is 3. The first-order chi connectivity index (χ1) is 9.33. The molecule has 0 aliphatic carbocycles. The summed E-state index contributed by atoms with van der Waals surface area (Å²) in [7, 11) is 0. The molecule has 0 saturated heterocycles. The highest BCUT2D eigenvalue weighted by Crippen LogP contribution is 2.21. The van der Waals surface area contributed by atoms with Gasteiger partial charge in [0.2, 0.25) is 0 Å².